The van der Waals surface area contributed by atoms with Gasteiger partial charge in [0.25, 0.3) is 0 Å². The molecule has 0 radical (unpaired) electrons. The second-order valence-corrected chi connectivity index (χ2v) is 12.8. The Morgan fingerprint density at radius 3 is 2.21 bits per heavy atom. The van der Waals surface area contributed by atoms with E-state index in [1.54, 1.807) is 24.3 Å². The molecular formula is C31H35ClF3N3O4S. The third-order valence-electron chi connectivity index (χ3n) is 6.61. The number of anilines is 1. The minimum atomic E-state index is -4.65. The van der Waals surface area contributed by atoms with Crippen molar-refractivity contribution in [1.82, 2.24) is 10.2 Å². The Balaban J connectivity index is 1.90. The molecule has 7 nitrogen and oxygen atoms in total. The molecule has 0 aliphatic heterocycles. The van der Waals surface area contributed by atoms with Gasteiger partial charge in [-0.1, -0.05) is 66.2 Å². The molecule has 0 saturated carbocycles. The molecule has 12 heteroatoms. The molecule has 0 aliphatic carbocycles. The standard InChI is InChI=1S/C31H35ClF3N3O4S/c1-22(2)36-30(40)28(19-23-11-5-4-6-12-23)37(21-24-13-7-8-16-27(24)32)29(39)17-10-18-38(43(3,41)42)26-15-9-14-25(20-26)31(33,34)35/h4-9,11-16,20,22,28H,10,17-19,21H2,1-3H3,(H,36,40)/t28-/m1/s1. The van der Waals surface area contributed by atoms with Crippen molar-refractivity contribution < 1.29 is 31.2 Å². The quantitative estimate of drug-likeness (QED) is 0.247. The van der Waals surface area contributed by atoms with Crippen molar-refractivity contribution in [2.45, 2.75) is 57.9 Å². The average Bonchev–Trinajstić information content (AvgIpc) is 2.93. The minimum absolute atomic E-state index is 0.00890. The van der Waals surface area contributed by atoms with Crippen LogP contribution in [0.5, 0.6) is 0 Å². The summed E-state index contributed by atoms with van der Waals surface area (Å²) in [4.78, 5) is 28.7. The van der Waals surface area contributed by atoms with Gasteiger partial charge in [-0.15, -0.1) is 0 Å². The summed E-state index contributed by atoms with van der Waals surface area (Å²) in [6.07, 6.45) is -3.72. The fourth-order valence-electron chi connectivity index (χ4n) is 4.59. The SMILES string of the molecule is CC(C)NC(=O)[C@@H](Cc1ccccc1)N(Cc1ccccc1Cl)C(=O)CCCN(c1cccc(C(F)(F)F)c1)S(C)(=O)=O. The summed E-state index contributed by atoms with van der Waals surface area (Å²) < 4.78 is 65.9. The number of hydrogen-bond donors (Lipinski definition) is 1. The molecule has 3 aromatic rings. The lowest BCUT2D eigenvalue weighted by atomic mass is 10.0. The predicted octanol–water partition coefficient (Wildman–Crippen LogP) is 6.07. The van der Waals surface area contributed by atoms with Gasteiger partial charge in [0, 0.05) is 37.0 Å². The fraction of sp³-hybridized carbons (Fsp3) is 0.355. The van der Waals surface area contributed by atoms with Crippen LogP contribution < -0.4 is 9.62 Å². The van der Waals surface area contributed by atoms with Gasteiger partial charge in [-0.05, 0) is 55.7 Å². The molecule has 0 heterocycles. The molecule has 1 atom stereocenters. The maximum absolute atomic E-state index is 13.8. The largest absolute Gasteiger partial charge is 0.416 e. The predicted molar refractivity (Wildman–Crippen MR) is 162 cm³/mol. The van der Waals surface area contributed by atoms with E-state index in [4.69, 9.17) is 11.6 Å². The number of nitrogens with one attached hydrogen (secondary N) is 1. The molecule has 0 unspecified atom stereocenters. The van der Waals surface area contributed by atoms with Crippen molar-refractivity contribution in [2.24, 2.45) is 0 Å². The van der Waals surface area contributed by atoms with E-state index < -0.39 is 33.7 Å². The molecule has 1 N–H and O–H groups in total. The Kier molecular flexibility index (Phi) is 11.6. The minimum Gasteiger partial charge on any atom is -0.352 e. The van der Waals surface area contributed by atoms with Gasteiger partial charge >= 0.3 is 6.18 Å². The summed E-state index contributed by atoms with van der Waals surface area (Å²) in [5, 5.41) is 3.30. The number of amides is 2. The van der Waals surface area contributed by atoms with E-state index in [0.717, 1.165) is 34.3 Å². The van der Waals surface area contributed by atoms with Crippen molar-refractivity contribution in [3.63, 3.8) is 0 Å². The van der Waals surface area contributed by atoms with E-state index >= 15 is 0 Å². The van der Waals surface area contributed by atoms with E-state index in [-0.39, 0.29) is 50.0 Å². The Morgan fingerprint density at radius 1 is 0.953 bits per heavy atom. The zero-order chi connectivity index (χ0) is 31.8. The molecule has 3 aromatic carbocycles. The van der Waals surface area contributed by atoms with Gasteiger partial charge in [0.1, 0.15) is 6.04 Å². The first kappa shape index (κ1) is 33.9. The second kappa shape index (κ2) is 14.7. The smallest absolute Gasteiger partial charge is 0.352 e. The first-order valence-corrected chi connectivity index (χ1v) is 15.9. The summed E-state index contributed by atoms with van der Waals surface area (Å²) >= 11 is 6.42. The zero-order valence-corrected chi connectivity index (χ0v) is 25.7. The summed E-state index contributed by atoms with van der Waals surface area (Å²) in [5.41, 5.74) is 0.308. The van der Waals surface area contributed by atoms with Crippen molar-refractivity contribution in [2.75, 3.05) is 17.1 Å². The highest BCUT2D eigenvalue weighted by Crippen LogP contribution is 2.32. The third-order valence-corrected chi connectivity index (χ3v) is 8.18. The molecule has 0 saturated heterocycles. The van der Waals surface area contributed by atoms with Crippen LogP contribution in [0.25, 0.3) is 0 Å². The fourth-order valence-corrected chi connectivity index (χ4v) is 5.74. The van der Waals surface area contributed by atoms with Gasteiger partial charge in [0.15, 0.2) is 0 Å². The monoisotopic (exact) mass is 637 g/mol. The first-order chi connectivity index (χ1) is 20.2. The van der Waals surface area contributed by atoms with Gasteiger partial charge in [-0.3, -0.25) is 13.9 Å². The van der Waals surface area contributed by atoms with E-state index in [2.05, 4.69) is 5.32 Å². The number of halogens is 4. The van der Waals surface area contributed by atoms with E-state index in [1.165, 1.54) is 11.0 Å². The highest BCUT2D eigenvalue weighted by molar-refractivity contribution is 7.92. The Bertz CT molecular complexity index is 1500. The van der Waals surface area contributed by atoms with Crippen LogP contribution in [0, 0.1) is 0 Å². The summed E-state index contributed by atoms with van der Waals surface area (Å²) in [6.45, 7) is 3.40. The lowest BCUT2D eigenvalue weighted by Gasteiger charge is -2.32. The maximum Gasteiger partial charge on any atom is 0.416 e. The highest BCUT2D eigenvalue weighted by Gasteiger charge is 2.33. The highest BCUT2D eigenvalue weighted by atomic mass is 35.5. The number of alkyl halides is 3. The summed E-state index contributed by atoms with van der Waals surface area (Å²) in [7, 11) is -3.98. The number of benzene rings is 3. The van der Waals surface area contributed by atoms with Gasteiger partial charge in [-0.2, -0.15) is 13.2 Å². The number of carbonyl (C=O) groups excluding carboxylic acids is 2. The van der Waals surface area contributed by atoms with Crippen LogP contribution >= 0.6 is 11.6 Å². The van der Waals surface area contributed by atoms with Crippen molar-refractivity contribution in [3.8, 4) is 0 Å². The van der Waals surface area contributed by atoms with Crippen molar-refractivity contribution >= 4 is 39.1 Å². The second-order valence-electron chi connectivity index (χ2n) is 10.5. The Morgan fingerprint density at radius 2 is 1.60 bits per heavy atom. The number of hydrogen-bond acceptors (Lipinski definition) is 4. The van der Waals surface area contributed by atoms with E-state index in [0.29, 0.717) is 10.6 Å². The number of nitrogens with zero attached hydrogens (tertiary/aromatic N) is 2. The first-order valence-electron chi connectivity index (χ1n) is 13.7. The lowest BCUT2D eigenvalue weighted by Crippen LogP contribution is -2.51. The van der Waals surface area contributed by atoms with Crippen molar-refractivity contribution in [3.05, 3.63) is 101 Å². The lowest BCUT2D eigenvalue weighted by molar-refractivity contribution is -0.141. The van der Waals surface area contributed by atoms with Crippen LogP contribution in [0.4, 0.5) is 18.9 Å². The molecule has 0 fully saturated rings. The topological polar surface area (TPSA) is 86.8 Å². The molecular weight excluding hydrogens is 603 g/mol. The molecule has 43 heavy (non-hydrogen) atoms. The molecule has 0 bridgehead atoms. The molecule has 0 spiro atoms. The molecule has 3 rings (SSSR count). The molecule has 0 aromatic heterocycles. The van der Waals surface area contributed by atoms with Gasteiger partial charge in [0.2, 0.25) is 21.8 Å². The molecule has 2 amide bonds. The van der Waals surface area contributed by atoms with Crippen LogP contribution in [-0.2, 0) is 38.8 Å². The third kappa shape index (κ3) is 10.00. The Labute approximate surface area is 255 Å². The maximum atomic E-state index is 13.8. The number of carbonyl (C=O) groups is 2. The molecule has 0 aliphatic rings. The number of rotatable bonds is 13. The average molecular weight is 638 g/mol. The van der Waals surface area contributed by atoms with Gasteiger partial charge in [0.05, 0.1) is 17.5 Å². The van der Waals surface area contributed by atoms with Crippen LogP contribution in [0.1, 0.15) is 43.4 Å². The molecule has 232 valence electrons. The van der Waals surface area contributed by atoms with Crippen molar-refractivity contribution in [1.29, 1.82) is 0 Å². The summed E-state index contributed by atoms with van der Waals surface area (Å²) in [5.74, 6) is -0.793. The zero-order valence-electron chi connectivity index (χ0n) is 24.1. The van der Waals surface area contributed by atoms with E-state index in [9.17, 15) is 31.2 Å². The van der Waals surface area contributed by atoms with Crippen LogP contribution in [-0.4, -0.2) is 50.0 Å². The summed E-state index contributed by atoms with van der Waals surface area (Å²) in [6, 6.07) is 19.1. The van der Waals surface area contributed by atoms with Gasteiger partial charge in [-0.25, -0.2) is 8.42 Å². The normalized spacial score (nSPS) is 12.6. The van der Waals surface area contributed by atoms with Crippen LogP contribution in [0.3, 0.4) is 0 Å². The van der Waals surface area contributed by atoms with Crippen LogP contribution in [0.2, 0.25) is 5.02 Å². The number of sulfonamides is 1. The Hall–Kier alpha value is -3.57. The van der Waals surface area contributed by atoms with E-state index in [1.807, 2.05) is 44.2 Å². The van der Waals surface area contributed by atoms with Gasteiger partial charge < -0.3 is 10.2 Å². The van der Waals surface area contributed by atoms with Crippen LogP contribution in [0.15, 0.2) is 78.9 Å².